The van der Waals surface area contributed by atoms with Crippen LogP contribution in [0.25, 0.3) is 5.69 Å². The maximum Gasteiger partial charge on any atom is 0.183 e. The van der Waals surface area contributed by atoms with Crippen molar-refractivity contribution in [1.29, 1.82) is 0 Å². The second-order valence-corrected chi connectivity index (χ2v) is 6.83. The predicted molar refractivity (Wildman–Crippen MR) is 113 cm³/mol. The minimum absolute atomic E-state index is 0.00810. The summed E-state index contributed by atoms with van der Waals surface area (Å²) in [5, 5.41) is 3.58. The standard InChI is InChI=1S/C22H23ClN2O3/c1-14-10-17(15(2)25(14)16-8-6-5-7-9-16)20(26)13-24-19-12-21(27-3)18(23)11-22(19)28-4/h5-12,24H,13H2,1-4H3. The van der Waals surface area contributed by atoms with Crippen LogP contribution in [0.3, 0.4) is 0 Å². The Morgan fingerprint density at radius 2 is 1.71 bits per heavy atom. The van der Waals surface area contributed by atoms with Gasteiger partial charge >= 0.3 is 0 Å². The third kappa shape index (κ3) is 3.85. The molecule has 28 heavy (non-hydrogen) atoms. The molecule has 0 saturated heterocycles. The van der Waals surface area contributed by atoms with Gasteiger partial charge in [-0.15, -0.1) is 0 Å². The number of aryl methyl sites for hydroxylation is 1. The normalized spacial score (nSPS) is 10.6. The van der Waals surface area contributed by atoms with Crippen LogP contribution in [0.15, 0.2) is 48.5 Å². The van der Waals surface area contributed by atoms with Crippen LogP contribution >= 0.6 is 11.6 Å². The van der Waals surface area contributed by atoms with Gasteiger partial charge < -0.3 is 19.4 Å². The first-order valence-electron chi connectivity index (χ1n) is 8.89. The van der Waals surface area contributed by atoms with Gasteiger partial charge in [-0.3, -0.25) is 4.79 Å². The average Bonchev–Trinajstić information content (AvgIpc) is 3.01. The molecule has 0 atom stereocenters. The summed E-state index contributed by atoms with van der Waals surface area (Å²) in [6.45, 7) is 4.08. The molecule has 146 valence electrons. The second-order valence-electron chi connectivity index (χ2n) is 6.42. The lowest BCUT2D eigenvalue weighted by atomic mass is 10.1. The SMILES string of the molecule is COc1cc(NCC(=O)c2cc(C)n(-c3ccccc3)c2C)c(OC)cc1Cl. The molecule has 5 nitrogen and oxygen atoms in total. The highest BCUT2D eigenvalue weighted by Gasteiger charge is 2.17. The predicted octanol–water partition coefficient (Wildman–Crippen LogP) is 5.06. The van der Waals surface area contributed by atoms with Gasteiger partial charge in [0.1, 0.15) is 11.5 Å². The summed E-state index contributed by atoms with van der Waals surface area (Å²) < 4.78 is 12.7. The van der Waals surface area contributed by atoms with E-state index in [-0.39, 0.29) is 12.3 Å². The van der Waals surface area contributed by atoms with Gasteiger partial charge in [-0.2, -0.15) is 0 Å². The first-order valence-corrected chi connectivity index (χ1v) is 9.27. The molecule has 0 aliphatic rings. The minimum atomic E-state index is -0.00810. The molecule has 2 aromatic carbocycles. The van der Waals surface area contributed by atoms with Gasteiger partial charge in [-0.25, -0.2) is 0 Å². The number of halogens is 1. The van der Waals surface area contributed by atoms with E-state index in [4.69, 9.17) is 21.1 Å². The largest absolute Gasteiger partial charge is 0.495 e. The lowest BCUT2D eigenvalue weighted by Gasteiger charge is -2.14. The molecule has 3 rings (SSSR count). The summed E-state index contributed by atoms with van der Waals surface area (Å²) in [4.78, 5) is 12.9. The number of aromatic nitrogens is 1. The molecule has 1 N–H and O–H groups in total. The van der Waals surface area contributed by atoms with Gasteiger partial charge in [0.2, 0.25) is 0 Å². The number of methoxy groups -OCH3 is 2. The van der Waals surface area contributed by atoms with Gasteiger partial charge in [0, 0.05) is 34.8 Å². The lowest BCUT2D eigenvalue weighted by molar-refractivity contribution is 0.101. The Morgan fingerprint density at radius 3 is 2.36 bits per heavy atom. The number of para-hydroxylation sites is 1. The number of nitrogens with zero attached hydrogens (tertiary/aromatic N) is 1. The Balaban J connectivity index is 1.84. The van der Waals surface area contributed by atoms with Crippen LogP contribution in [0.5, 0.6) is 11.5 Å². The summed E-state index contributed by atoms with van der Waals surface area (Å²) in [6, 6.07) is 15.3. The lowest BCUT2D eigenvalue weighted by Crippen LogP contribution is -2.15. The van der Waals surface area contributed by atoms with Crippen LogP contribution in [0.1, 0.15) is 21.7 Å². The number of hydrogen-bond donors (Lipinski definition) is 1. The van der Waals surface area contributed by atoms with Crippen LogP contribution in [0.4, 0.5) is 5.69 Å². The highest BCUT2D eigenvalue weighted by molar-refractivity contribution is 6.32. The van der Waals surface area contributed by atoms with Crippen LogP contribution in [-0.2, 0) is 0 Å². The minimum Gasteiger partial charge on any atom is -0.495 e. The van der Waals surface area contributed by atoms with E-state index in [0.29, 0.717) is 27.8 Å². The molecule has 1 heterocycles. The van der Waals surface area contributed by atoms with Crippen molar-refractivity contribution < 1.29 is 14.3 Å². The monoisotopic (exact) mass is 398 g/mol. The molecule has 1 aromatic heterocycles. The third-order valence-corrected chi connectivity index (χ3v) is 4.95. The molecule has 0 aliphatic heterocycles. The molecule has 0 fully saturated rings. The van der Waals surface area contributed by atoms with Crippen molar-refractivity contribution >= 4 is 23.1 Å². The van der Waals surface area contributed by atoms with E-state index in [9.17, 15) is 4.79 Å². The van der Waals surface area contributed by atoms with E-state index in [0.717, 1.165) is 17.1 Å². The van der Waals surface area contributed by atoms with E-state index in [2.05, 4.69) is 9.88 Å². The quantitative estimate of drug-likeness (QED) is 0.565. The fourth-order valence-electron chi connectivity index (χ4n) is 3.29. The Bertz CT molecular complexity index is 997. The van der Waals surface area contributed by atoms with E-state index in [1.165, 1.54) is 0 Å². The average molecular weight is 399 g/mol. The molecule has 6 heteroatoms. The highest BCUT2D eigenvalue weighted by Crippen LogP contribution is 2.35. The van der Waals surface area contributed by atoms with Crippen molar-refractivity contribution in [2.24, 2.45) is 0 Å². The highest BCUT2D eigenvalue weighted by atomic mass is 35.5. The molecule has 0 saturated carbocycles. The maximum atomic E-state index is 12.9. The first-order chi connectivity index (χ1) is 13.5. The fraction of sp³-hybridized carbons (Fsp3) is 0.227. The number of rotatable bonds is 7. The smallest absolute Gasteiger partial charge is 0.183 e. The van der Waals surface area contributed by atoms with Gasteiger partial charge in [0.25, 0.3) is 0 Å². The number of benzene rings is 2. The Morgan fingerprint density at radius 1 is 1.04 bits per heavy atom. The summed E-state index contributed by atoms with van der Waals surface area (Å²) in [5.41, 5.74) is 4.30. The molecule has 0 radical (unpaired) electrons. The Labute approximate surface area is 169 Å². The van der Waals surface area contributed by atoms with E-state index in [1.807, 2.05) is 50.2 Å². The van der Waals surface area contributed by atoms with Crippen molar-refractivity contribution in [1.82, 2.24) is 4.57 Å². The van der Waals surface area contributed by atoms with Crippen LogP contribution in [-0.4, -0.2) is 31.1 Å². The van der Waals surface area contributed by atoms with Crippen LogP contribution in [0.2, 0.25) is 5.02 Å². The first kappa shape index (κ1) is 19.8. The molecule has 0 amide bonds. The van der Waals surface area contributed by atoms with Crippen LogP contribution in [0, 0.1) is 13.8 Å². The van der Waals surface area contributed by atoms with Crippen molar-refractivity contribution in [3.63, 3.8) is 0 Å². The van der Waals surface area contributed by atoms with E-state index >= 15 is 0 Å². The summed E-state index contributed by atoms with van der Waals surface area (Å²) in [6.07, 6.45) is 0. The fourth-order valence-corrected chi connectivity index (χ4v) is 3.52. The van der Waals surface area contributed by atoms with Gasteiger partial charge in [-0.05, 0) is 32.0 Å². The van der Waals surface area contributed by atoms with Crippen molar-refractivity contribution in [2.45, 2.75) is 13.8 Å². The zero-order chi connectivity index (χ0) is 20.3. The number of Topliss-reactive ketones (excluding diaryl/α,β-unsaturated/α-hetero) is 1. The number of carbonyl (C=O) groups excluding carboxylic acids is 1. The Hall–Kier alpha value is -2.92. The zero-order valence-electron chi connectivity index (χ0n) is 16.4. The number of carbonyl (C=O) groups is 1. The van der Waals surface area contributed by atoms with Crippen molar-refractivity contribution in [3.8, 4) is 17.2 Å². The third-order valence-electron chi connectivity index (χ3n) is 4.66. The summed E-state index contributed by atoms with van der Waals surface area (Å²) >= 11 is 6.14. The molecule has 0 unspecified atom stereocenters. The number of ketones is 1. The van der Waals surface area contributed by atoms with Crippen molar-refractivity contribution in [3.05, 3.63) is 70.5 Å². The number of ether oxygens (including phenoxy) is 2. The number of nitrogens with one attached hydrogen (secondary N) is 1. The maximum absolute atomic E-state index is 12.9. The second kappa shape index (κ2) is 8.40. The molecule has 3 aromatic rings. The van der Waals surface area contributed by atoms with Crippen molar-refractivity contribution in [2.75, 3.05) is 26.1 Å². The summed E-state index contributed by atoms with van der Waals surface area (Å²) in [5.74, 6) is 1.05. The van der Waals surface area contributed by atoms with E-state index in [1.54, 1.807) is 26.4 Å². The van der Waals surface area contributed by atoms with Gasteiger partial charge in [0.15, 0.2) is 5.78 Å². The topological polar surface area (TPSA) is 52.5 Å². The molecular weight excluding hydrogens is 376 g/mol. The van der Waals surface area contributed by atoms with Crippen LogP contribution < -0.4 is 14.8 Å². The van der Waals surface area contributed by atoms with E-state index < -0.39 is 0 Å². The molecular formula is C22H23ClN2O3. The molecule has 0 spiro atoms. The summed E-state index contributed by atoms with van der Waals surface area (Å²) in [7, 11) is 3.10. The molecule has 0 bridgehead atoms. The van der Waals surface area contributed by atoms with Gasteiger partial charge in [-0.1, -0.05) is 29.8 Å². The Kier molecular flexibility index (Phi) is 5.95. The number of anilines is 1. The number of hydrogen-bond acceptors (Lipinski definition) is 4. The van der Waals surface area contributed by atoms with Gasteiger partial charge in [0.05, 0.1) is 31.5 Å². The molecule has 0 aliphatic carbocycles. The zero-order valence-corrected chi connectivity index (χ0v) is 17.1.